The third kappa shape index (κ3) is 3.27. The topological polar surface area (TPSA) is 0 Å². The fourth-order valence-corrected chi connectivity index (χ4v) is 1.52. The van der Waals surface area contributed by atoms with Gasteiger partial charge in [-0.05, 0) is 6.92 Å². The van der Waals surface area contributed by atoms with Crippen molar-refractivity contribution in [1.29, 1.82) is 0 Å². The summed E-state index contributed by atoms with van der Waals surface area (Å²) in [5.74, 6) is 0.667. The summed E-state index contributed by atoms with van der Waals surface area (Å²) in [4.78, 5) is 2.73. The molecule has 0 radical (unpaired) electrons. The molecule has 0 aromatic carbocycles. The maximum absolute atomic E-state index is 3.17. The van der Waals surface area contributed by atoms with E-state index in [9.17, 15) is 0 Å². The van der Waals surface area contributed by atoms with Gasteiger partial charge in [-0.15, -0.1) is 9.75 Å². The minimum Gasteiger partial charge on any atom is -0.266 e. The first-order valence-corrected chi connectivity index (χ1v) is 4.00. The van der Waals surface area contributed by atoms with Crippen molar-refractivity contribution in [2.45, 2.75) is 26.7 Å². The van der Waals surface area contributed by atoms with Gasteiger partial charge in [-0.2, -0.15) is 0 Å². The zero-order valence-electron chi connectivity index (χ0n) is 7.06. The molecule has 1 aromatic heterocycles. The Balaban J connectivity index is 0.000000810. The molecule has 1 aromatic rings. The molecule has 0 bridgehead atoms. The Labute approximate surface area is 116 Å². The van der Waals surface area contributed by atoms with Crippen molar-refractivity contribution in [3.05, 3.63) is 21.9 Å². The summed E-state index contributed by atoms with van der Waals surface area (Å²) in [5.41, 5.74) is 0. The quantitative estimate of drug-likeness (QED) is 0.589. The molecule has 0 aliphatic carbocycles. The molecule has 0 aliphatic heterocycles. The van der Waals surface area contributed by atoms with Gasteiger partial charge in [0.25, 0.3) is 0 Å². The zero-order valence-corrected chi connectivity index (χ0v) is 12.8. The maximum Gasteiger partial charge on any atom is 1.00 e. The van der Waals surface area contributed by atoms with Crippen LogP contribution in [-0.2, 0) is 0 Å². The molecule has 0 nitrogen and oxygen atoms in total. The molecule has 0 aliphatic rings. The standard InChI is InChI=1S/C8H11S.Rb/c1-6(2)8-5-4-7(3)9-8;/h5-6H,1-3H3;/q-1;+1. The van der Waals surface area contributed by atoms with Crippen LogP contribution in [0.2, 0.25) is 0 Å². The van der Waals surface area contributed by atoms with E-state index in [0.29, 0.717) is 5.92 Å². The molecule has 10 heavy (non-hydrogen) atoms. The van der Waals surface area contributed by atoms with E-state index >= 15 is 0 Å². The first-order chi connectivity index (χ1) is 4.20. The summed E-state index contributed by atoms with van der Waals surface area (Å²) in [7, 11) is 0. The van der Waals surface area contributed by atoms with Gasteiger partial charge in [-0.25, -0.2) is 12.1 Å². The molecule has 0 spiro atoms. The van der Waals surface area contributed by atoms with E-state index in [0.717, 1.165) is 0 Å². The summed E-state index contributed by atoms with van der Waals surface area (Å²) >= 11 is 1.84. The van der Waals surface area contributed by atoms with Gasteiger partial charge in [0.05, 0.1) is 0 Å². The third-order valence-corrected chi connectivity index (χ3v) is 2.51. The molecule has 0 fully saturated rings. The van der Waals surface area contributed by atoms with Gasteiger partial charge in [-0.3, -0.25) is 11.3 Å². The van der Waals surface area contributed by atoms with Gasteiger partial charge >= 0.3 is 58.2 Å². The number of hydrogen-bond acceptors (Lipinski definition) is 1. The van der Waals surface area contributed by atoms with Crippen LogP contribution in [0.25, 0.3) is 0 Å². The first kappa shape index (κ1) is 11.5. The second kappa shape index (κ2) is 5.20. The van der Waals surface area contributed by atoms with Crippen molar-refractivity contribution in [2.24, 2.45) is 0 Å². The molecule has 0 saturated carbocycles. The Kier molecular flexibility index (Phi) is 5.99. The normalized spacial score (nSPS) is 9.60. The Bertz CT molecular complexity index is 191. The summed E-state index contributed by atoms with van der Waals surface area (Å²) < 4.78 is 0. The average Bonchev–Trinajstić information content (AvgIpc) is 2.14. The van der Waals surface area contributed by atoms with E-state index < -0.39 is 0 Å². The van der Waals surface area contributed by atoms with Gasteiger partial charge in [0.15, 0.2) is 0 Å². The van der Waals surface area contributed by atoms with Crippen LogP contribution in [0.3, 0.4) is 0 Å². The predicted molar refractivity (Wildman–Crippen MR) is 42.0 cm³/mol. The molecular formula is C8H11RbS. The van der Waals surface area contributed by atoms with Crippen LogP contribution < -0.4 is 58.2 Å². The molecule has 2 heteroatoms. The molecule has 0 N–H and O–H groups in total. The molecule has 50 valence electrons. The smallest absolute Gasteiger partial charge is 0.266 e. The fourth-order valence-electron chi connectivity index (χ4n) is 0.693. The van der Waals surface area contributed by atoms with Crippen molar-refractivity contribution in [3.8, 4) is 0 Å². The number of thiophene rings is 1. The summed E-state index contributed by atoms with van der Waals surface area (Å²) in [6.45, 7) is 6.51. The zero-order chi connectivity index (χ0) is 6.85. The van der Waals surface area contributed by atoms with Crippen LogP contribution in [0.1, 0.15) is 29.5 Å². The van der Waals surface area contributed by atoms with Crippen LogP contribution in [0.15, 0.2) is 6.07 Å². The summed E-state index contributed by atoms with van der Waals surface area (Å²) in [5, 5.41) is 0. The van der Waals surface area contributed by atoms with Crippen LogP contribution >= 0.6 is 11.3 Å². The molecule has 0 amide bonds. The molecule has 0 atom stereocenters. The van der Waals surface area contributed by atoms with Crippen LogP contribution in [-0.4, -0.2) is 0 Å². The maximum atomic E-state index is 3.17. The minimum atomic E-state index is 0. The van der Waals surface area contributed by atoms with Gasteiger partial charge in [-0.1, -0.05) is 19.8 Å². The van der Waals surface area contributed by atoms with Gasteiger partial charge in [0, 0.05) is 0 Å². The van der Waals surface area contributed by atoms with Crippen molar-refractivity contribution < 1.29 is 58.2 Å². The monoisotopic (exact) mass is 224 g/mol. The van der Waals surface area contributed by atoms with E-state index in [4.69, 9.17) is 0 Å². The molecule has 0 saturated heterocycles. The first-order valence-electron chi connectivity index (χ1n) is 3.18. The van der Waals surface area contributed by atoms with E-state index in [1.165, 1.54) is 9.75 Å². The fraction of sp³-hybridized carbons (Fsp3) is 0.500. The molecule has 1 rings (SSSR count). The summed E-state index contributed by atoms with van der Waals surface area (Å²) in [6.07, 6.45) is 0. The van der Waals surface area contributed by atoms with Crippen molar-refractivity contribution in [3.63, 3.8) is 0 Å². The Hall–Kier alpha value is 1.51. The third-order valence-electron chi connectivity index (χ3n) is 1.26. The molecule has 1 heterocycles. The van der Waals surface area contributed by atoms with Gasteiger partial charge in [0.1, 0.15) is 0 Å². The molecular weight excluding hydrogens is 214 g/mol. The van der Waals surface area contributed by atoms with Crippen LogP contribution in [0.5, 0.6) is 0 Å². The SMILES string of the molecule is Cc1[c-]cc(C(C)C)s1.[Rb+]. The number of hydrogen-bond donors (Lipinski definition) is 0. The predicted octanol–water partition coefficient (Wildman–Crippen LogP) is -0.0159. The number of rotatable bonds is 1. The Morgan fingerprint density at radius 2 is 2.10 bits per heavy atom. The van der Waals surface area contributed by atoms with E-state index in [2.05, 4.69) is 32.9 Å². The Morgan fingerprint density at radius 1 is 1.50 bits per heavy atom. The van der Waals surface area contributed by atoms with Crippen LogP contribution in [0.4, 0.5) is 0 Å². The van der Waals surface area contributed by atoms with Gasteiger partial charge < -0.3 is 0 Å². The van der Waals surface area contributed by atoms with Crippen LogP contribution in [0, 0.1) is 13.0 Å². The van der Waals surface area contributed by atoms with Gasteiger partial charge in [0.2, 0.25) is 0 Å². The summed E-state index contributed by atoms with van der Waals surface area (Å²) in [6, 6.07) is 5.26. The Morgan fingerprint density at radius 3 is 2.30 bits per heavy atom. The number of aryl methyl sites for hydroxylation is 1. The second-order valence-corrected chi connectivity index (χ2v) is 3.79. The van der Waals surface area contributed by atoms with E-state index in [-0.39, 0.29) is 58.2 Å². The van der Waals surface area contributed by atoms with E-state index in [1.54, 1.807) is 0 Å². The second-order valence-electron chi connectivity index (χ2n) is 2.50. The van der Waals surface area contributed by atoms with E-state index in [1.807, 2.05) is 11.3 Å². The molecule has 0 unspecified atom stereocenters. The van der Waals surface area contributed by atoms with Crippen molar-refractivity contribution in [2.75, 3.05) is 0 Å². The largest absolute Gasteiger partial charge is 1.00 e. The van der Waals surface area contributed by atoms with Crippen molar-refractivity contribution in [1.82, 2.24) is 0 Å². The average molecular weight is 225 g/mol. The van der Waals surface area contributed by atoms with Crippen molar-refractivity contribution >= 4 is 11.3 Å². The minimum absolute atomic E-state index is 0.